The molecule has 0 saturated carbocycles. The Morgan fingerprint density at radius 3 is 2.54 bits per heavy atom. The van der Waals surface area contributed by atoms with Gasteiger partial charge in [0.15, 0.2) is 5.11 Å². The number of allylic oxidation sites excluding steroid dienone is 1. The molecule has 0 amide bonds. The number of aromatic nitrogens is 2. The summed E-state index contributed by atoms with van der Waals surface area (Å²) >= 11 is 5.72. The highest BCUT2D eigenvalue weighted by Crippen LogP contribution is 2.39. The van der Waals surface area contributed by atoms with Gasteiger partial charge in [0.25, 0.3) is 5.89 Å². The molecule has 1 N–H and O–H groups in total. The fourth-order valence-corrected chi connectivity index (χ4v) is 4.52. The molecule has 1 unspecified atom stereocenters. The smallest absolute Gasteiger partial charge is 0.258 e. The highest BCUT2D eigenvalue weighted by atomic mass is 32.1. The van der Waals surface area contributed by atoms with Crippen molar-refractivity contribution in [2.75, 3.05) is 11.5 Å². The van der Waals surface area contributed by atoms with Crippen LogP contribution >= 0.6 is 12.2 Å². The van der Waals surface area contributed by atoms with Crippen molar-refractivity contribution in [3.63, 3.8) is 0 Å². The summed E-state index contributed by atoms with van der Waals surface area (Å²) in [6, 6.07) is 23.2. The molecule has 0 saturated heterocycles. The molecule has 1 aromatic heterocycles. The molecule has 176 valence electrons. The van der Waals surface area contributed by atoms with Crippen molar-refractivity contribution in [3.05, 3.63) is 102 Å². The van der Waals surface area contributed by atoms with Gasteiger partial charge in [0.2, 0.25) is 5.82 Å². The van der Waals surface area contributed by atoms with Crippen molar-refractivity contribution < 1.29 is 13.7 Å². The maximum Gasteiger partial charge on any atom is 0.258 e. The number of hydrogen-bond acceptors (Lipinski definition) is 5. The number of hydrogen-bond donors (Lipinski definition) is 1. The lowest BCUT2D eigenvalue weighted by Crippen LogP contribution is -2.46. The van der Waals surface area contributed by atoms with E-state index in [2.05, 4.69) is 10.5 Å². The van der Waals surface area contributed by atoms with E-state index in [4.69, 9.17) is 26.5 Å². The molecule has 0 bridgehead atoms. The van der Waals surface area contributed by atoms with Gasteiger partial charge in [-0.2, -0.15) is 4.98 Å². The number of benzene rings is 3. The van der Waals surface area contributed by atoms with Crippen LogP contribution in [0.5, 0.6) is 5.75 Å². The fourth-order valence-electron chi connectivity index (χ4n) is 4.16. The molecule has 2 heterocycles. The van der Waals surface area contributed by atoms with E-state index >= 15 is 0 Å². The van der Waals surface area contributed by atoms with Gasteiger partial charge < -0.3 is 14.6 Å². The summed E-state index contributed by atoms with van der Waals surface area (Å²) in [6.07, 6.45) is 0. The molecule has 1 atom stereocenters. The largest absolute Gasteiger partial charge is 0.494 e. The monoisotopic (exact) mass is 486 g/mol. The van der Waals surface area contributed by atoms with Gasteiger partial charge in [0.05, 0.1) is 18.2 Å². The quantitative estimate of drug-likeness (QED) is 0.328. The molecule has 0 fully saturated rings. The molecule has 35 heavy (non-hydrogen) atoms. The molecule has 1 aliphatic heterocycles. The van der Waals surface area contributed by atoms with E-state index in [-0.39, 0.29) is 5.82 Å². The molecule has 0 spiro atoms. The average Bonchev–Trinajstić information content (AvgIpc) is 3.35. The Kier molecular flexibility index (Phi) is 6.29. The molecular weight excluding hydrogens is 463 g/mol. The number of para-hydroxylation sites is 1. The Bertz CT molecular complexity index is 1390. The second kappa shape index (κ2) is 9.68. The summed E-state index contributed by atoms with van der Waals surface area (Å²) in [4.78, 5) is 6.62. The second-order valence-corrected chi connectivity index (χ2v) is 8.37. The van der Waals surface area contributed by atoms with E-state index in [1.54, 1.807) is 6.07 Å². The number of anilines is 1. The summed E-state index contributed by atoms with van der Waals surface area (Å²) in [6.45, 7) is 4.48. The molecule has 0 radical (unpaired) electrons. The number of nitrogens with one attached hydrogen (secondary N) is 1. The van der Waals surface area contributed by atoms with E-state index < -0.39 is 6.04 Å². The molecule has 6 nitrogen and oxygen atoms in total. The highest BCUT2D eigenvalue weighted by Gasteiger charge is 2.34. The molecule has 4 aromatic rings. The molecule has 8 heteroatoms. The highest BCUT2D eigenvalue weighted by molar-refractivity contribution is 7.80. The summed E-state index contributed by atoms with van der Waals surface area (Å²) in [5.41, 5.74) is 3.93. The van der Waals surface area contributed by atoms with E-state index in [9.17, 15) is 4.39 Å². The van der Waals surface area contributed by atoms with E-state index in [1.165, 1.54) is 12.1 Å². The molecule has 0 aliphatic carbocycles. The summed E-state index contributed by atoms with van der Waals surface area (Å²) < 4.78 is 25.4. The number of nitrogens with zero attached hydrogens (tertiary/aromatic N) is 3. The Hall–Kier alpha value is -4.04. The van der Waals surface area contributed by atoms with Crippen molar-refractivity contribution in [2.24, 2.45) is 0 Å². The van der Waals surface area contributed by atoms with E-state index in [1.807, 2.05) is 79.4 Å². The van der Waals surface area contributed by atoms with E-state index in [0.29, 0.717) is 29.0 Å². The summed E-state index contributed by atoms with van der Waals surface area (Å²) in [5, 5.41) is 8.06. The average molecular weight is 487 g/mol. The fraction of sp³-hybridized carbons (Fsp3) is 0.148. The predicted molar refractivity (Wildman–Crippen MR) is 137 cm³/mol. The Labute approximate surface area is 208 Å². The van der Waals surface area contributed by atoms with Crippen LogP contribution in [0, 0.1) is 5.82 Å². The van der Waals surface area contributed by atoms with Crippen LogP contribution in [0.15, 0.2) is 89.1 Å². The van der Waals surface area contributed by atoms with Crippen molar-refractivity contribution in [1.82, 2.24) is 15.5 Å². The lowest BCUT2D eigenvalue weighted by Gasteiger charge is -2.37. The Morgan fingerprint density at radius 2 is 1.83 bits per heavy atom. The second-order valence-electron chi connectivity index (χ2n) is 7.99. The Morgan fingerprint density at radius 1 is 1.06 bits per heavy atom. The first kappa shape index (κ1) is 22.7. The lowest BCUT2D eigenvalue weighted by atomic mass is 9.94. The SMILES string of the molecule is CCOc1ccc(-c2noc(C3=C(C)N(c4ccccc4)C(=S)NC3c3cccc(F)c3)n2)cc1. The zero-order valence-corrected chi connectivity index (χ0v) is 20.1. The van der Waals surface area contributed by atoms with Gasteiger partial charge in [0, 0.05) is 16.9 Å². The van der Waals surface area contributed by atoms with Crippen LogP contribution in [0.1, 0.15) is 31.3 Å². The van der Waals surface area contributed by atoms with Crippen LogP contribution < -0.4 is 15.0 Å². The summed E-state index contributed by atoms with van der Waals surface area (Å²) in [5.74, 6) is 1.21. The molecular formula is C27H23FN4O2S. The van der Waals surface area contributed by atoms with Crippen molar-refractivity contribution in [3.8, 4) is 17.1 Å². The predicted octanol–water partition coefficient (Wildman–Crippen LogP) is 6.14. The third kappa shape index (κ3) is 4.52. The van der Waals surface area contributed by atoms with Crippen LogP contribution in [0.2, 0.25) is 0 Å². The maximum absolute atomic E-state index is 14.2. The first-order valence-corrected chi connectivity index (χ1v) is 11.6. The number of ether oxygens (including phenoxy) is 1. The van der Waals surface area contributed by atoms with Crippen molar-refractivity contribution in [1.29, 1.82) is 0 Å². The van der Waals surface area contributed by atoms with E-state index in [0.717, 1.165) is 28.3 Å². The van der Waals surface area contributed by atoms with Crippen LogP contribution in [-0.2, 0) is 0 Å². The minimum absolute atomic E-state index is 0.330. The minimum atomic E-state index is -0.466. The third-order valence-electron chi connectivity index (χ3n) is 5.76. The van der Waals surface area contributed by atoms with Crippen LogP contribution in [0.3, 0.4) is 0 Å². The van der Waals surface area contributed by atoms with Gasteiger partial charge in [-0.25, -0.2) is 4.39 Å². The van der Waals surface area contributed by atoms with Crippen LogP contribution in [-0.4, -0.2) is 21.9 Å². The van der Waals surface area contributed by atoms with Crippen molar-refractivity contribution >= 4 is 28.6 Å². The lowest BCUT2D eigenvalue weighted by molar-refractivity contribution is 0.340. The Balaban J connectivity index is 1.60. The van der Waals surface area contributed by atoms with Crippen LogP contribution in [0.25, 0.3) is 17.0 Å². The number of thiocarbonyl (C=S) groups is 1. The number of halogens is 1. The van der Waals surface area contributed by atoms with Gasteiger partial charge in [-0.3, -0.25) is 4.90 Å². The maximum atomic E-state index is 14.2. The van der Waals surface area contributed by atoms with Gasteiger partial charge in [-0.05, 0) is 80.2 Å². The van der Waals surface area contributed by atoms with Gasteiger partial charge >= 0.3 is 0 Å². The molecule has 1 aliphatic rings. The summed E-state index contributed by atoms with van der Waals surface area (Å²) in [7, 11) is 0. The third-order valence-corrected chi connectivity index (χ3v) is 6.06. The van der Waals surface area contributed by atoms with Gasteiger partial charge in [-0.15, -0.1) is 0 Å². The van der Waals surface area contributed by atoms with Crippen molar-refractivity contribution in [2.45, 2.75) is 19.9 Å². The standard InChI is InChI=1S/C27H23FN4O2S/c1-3-33-22-14-12-18(13-15-22)25-30-26(34-31-25)23-17(2)32(21-10-5-4-6-11-21)27(35)29-24(23)19-8-7-9-20(28)16-19/h4-16,24H,3H2,1-2H3,(H,29,35). The van der Waals surface area contributed by atoms with Gasteiger partial charge in [0.1, 0.15) is 11.6 Å². The van der Waals surface area contributed by atoms with Crippen LogP contribution in [0.4, 0.5) is 10.1 Å². The zero-order chi connectivity index (χ0) is 24.4. The number of rotatable bonds is 6. The molecule has 5 rings (SSSR count). The topological polar surface area (TPSA) is 63.4 Å². The first-order valence-electron chi connectivity index (χ1n) is 11.2. The van der Waals surface area contributed by atoms with Gasteiger partial charge in [-0.1, -0.05) is 35.5 Å². The first-order chi connectivity index (χ1) is 17.0. The minimum Gasteiger partial charge on any atom is -0.494 e. The zero-order valence-electron chi connectivity index (χ0n) is 19.2. The normalized spacial score (nSPS) is 15.8. The molecule has 3 aromatic carbocycles.